The molecule has 0 saturated heterocycles. The minimum atomic E-state index is -0.280. The number of ether oxygens (including phenoxy) is 2. The van der Waals surface area contributed by atoms with Gasteiger partial charge in [-0.2, -0.15) is 0 Å². The summed E-state index contributed by atoms with van der Waals surface area (Å²) in [5.74, 6) is 0.467. The van der Waals surface area contributed by atoms with E-state index in [0.717, 1.165) is 16.5 Å². The van der Waals surface area contributed by atoms with E-state index < -0.39 is 0 Å². The highest BCUT2D eigenvalue weighted by Gasteiger charge is 2.07. The van der Waals surface area contributed by atoms with Gasteiger partial charge in [-0.15, -0.1) is 11.3 Å². The van der Waals surface area contributed by atoms with Crippen LogP contribution in [-0.4, -0.2) is 24.7 Å². The first-order valence-electron chi connectivity index (χ1n) is 6.16. The van der Waals surface area contributed by atoms with Crippen LogP contribution in [0.4, 0.5) is 5.69 Å². The lowest BCUT2D eigenvalue weighted by atomic mass is 10.3. The SMILES string of the molecule is COC(=O)Cc1csc(CCOc2cccc(N)c2)n1. The molecule has 0 bridgehead atoms. The van der Waals surface area contributed by atoms with E-state index in [2.05, 4.69) is 9.72 Å². The highest BCUT2D eigenvalue weighted by Crippen LogP contribution is 2.16. The molecule has 0 unspecified atom stereocenters. The van der Waals surface area contributed by atoms with Crippen molar-refractivity contribution < 1.29 is 14.3 Å². The number of benzene rings is 1. The summed E-state index contributed by atoms with van der Waals surface area (Å²) in [7, 11) is 1.37. The fourth-order valence-electron chi connectivity index (χ4n) is 1.63. The molecule has 1 heterocycles. The molecule has 0 aliphatic heterocycles. The van der Waals surface area contributed by atoms with Gasteiger partial charge in [0.1, 0.15) is 5.75 Å². The van der Waals surface area contributed by atoms with Gasteiger partial charge in [0, 0.05) is 23.6 Å². The molecule has 1 aromatic carbocycles. The first-order valence-corrected chi connectivity index (χ1v) is 7.04. The molecule has 2 N–H and O–H groups in total. The third-order valence-corrected chi connectivity index (χ3v) is 3.55. The Morgan fingerprint density at radius 3 is 3.05 bits per heavy atom. The highest BCUT2D eigenvalue weighted by atomic mass is 32.1. The van der Waals surface area contributed by atoms with Gasteiger partial charge in [-0.1, -0.05) is 6.07 Å². The monoisotopic (exact) mass is 292 g/mol. The predicted molar refractivity (Wildman–Crippen MR) is 77.9 cm³/mol. The van der Waals surface area contributed by atoms with Crippen LogP contribution in [0.1, 0.15) is 10.7 Å². The van der Waals surface area contributed by atoms with Gasteiger partial charge in [-0.3, -0.25) is 4.79 Å². The maximum absolute atomic E-state index is 11.1. The second kappa shape index (κ2) is 6.91. The third-order valence-electron chi connectivity index (χ3n) is 2.60. The van der Waals surface area contributed by atoms with E-state index in [1.165, 1.54) is 18.4 Å². The molecular formula is C14H16N2O3S. The van der Waals surface area contributed by atoms with Crippen LogP contribution in [0.5, 0.6) is 5.75 Å². The second-order valence-corrected chi connectivity index (χ2v) is 5.10. The summed E-state index contributed by atoms with van der Waals surface area (Å²) >= 11 is 1.52. The van der Waals surface area contributed by atoms with Crippen molar-refractivity contribution in [2.24, 2.45) is 0 Å². The summed E-state index contributed by atoms with van der Waals surface area (Å²) in [6, 6.07) is 7.31. The van der Waals surface area contributed by atoms with Gasteiger partial charge in [-0.05, 0) is 12.1 Å². The van der Waals surface area contributed by atoms with Crippen molar-refractivity contribution in [1.29, 1.82) is 0 Å². The van der Waals surface area contributed by atoms with Crippen molar-refractivity contribution in [2.45, 2.75) is 12.8 Å². The van der Waals surface area contributed by atoms with Crippen LogP contribution in [0.3, 0.4) is 0 Å². The Morgan fingerprint density at radius 2 is 2.30 bits per heavy atom. The number of rotatable bonds is 6. The van der Waals surface area contributed by atoms with Crippen LogP contribution in [0.2, 0.25) is 0 Å². The number of nitrogens with two attached hydrogens (primary N) is 1. The minimum Gasteiger partial charge on any atom is -0.493 e. The number of nitrogens with zero attached hydrogens (tertiary/aromatic N) is 1. The van der Waals surface area contributed by atoms with Gasteiger partial charge in [0.2, 0.25) is 0 Å². The first kappa shape index (κ1) is 14.3. The number of esters is 1. The lowest BCUT2D eigenvalue weighted by Gasteiger charge is -2.05. The lowest BCUT2D eigenvalue weighted by molar-refractivity contribution is -0.139. The fourth-order valence-corrected chi connectivity index (χ4v) is 2.40. The van der Waals surface area contributed by atoms with E-state index in [9.17, 15) is 4.79 Å². The van der Waals surface area contributed by atoms with Crippen molar-refractivity contribution in [2.75, 3.05) is 19.5 Å². The van der Waals surface area contributed by atoms with Crippen molar-refractivity contribution >= 4 is 23.0 Å². The van der Waals surface area contributed by atoms with Gasteiger partial charge < -0.3 is 15.2 Å². The quantitative estimate of drug-likeness (QED) is 0.651. The number of anilines is 1. The Kier molecular flexibility index (Phi) is 4.95. The van der Waals surface area contributed by atoms with Crippen LogP contribution in [0, 0.1) is 0 Å². The standard InChI is InChI=1S/C14H16N2O3S/c1-18-14(17)8-11-9-20-13(16-11)5-6-19-12-4-2-3-10(15)7-12/h2-4,7,9H,5-6,8,15H2,1H3. The molecule has 2 aromatic rings. The van der Waals surface area contributed by atoms with Crippen molar-refractivity contribution in [3.05, 3.63) is 40.3 Å². The van der Waals surface area contributed by atoms with Gasteiger partial charge >= 0.3 is 5.97 Å². The Balaban J connectivity index is 1.81. The van der Waals surface area contributed by atoms with Gasteiger partial charge in [-0.25, -0.2) is 4.98 Å². The normalized spacial score (nSPS) is 10.2. The largest absolute Gasteiger partial charge is 0.493 e. The third kappa shape index (κ3) is 4.24. The van der Waals surface area contributed by atoms with Gasteiger partial charge in [0.15, 0.2) is 0 Å². The van der Waals surface area contributed by atoms with Crippen LogP contribution in [0.25, 0.3) is 0 Å². The van der Waals surface area contributed by atoms with Crippen molar-refractivity contribution in [3.63, 3.8) is 0 Å². The van der Waals surface area contributed by atoms with Crippen LogP contribution in [0.15, 0.2) is 29.6 Å². The Bertz CT molecular complexity index is 583. The van der Waals surface area contributed by atoms with Gasteiger partial charge in [0.05, 0.1) is 30.8 Å². The van der Waals surface area contributed by atoms with Crippen LogP contribution < -0.4 is 10.5 Å². The molecule has 6 heteroatoms. The zero-order valence-corrected chi connectivity index (χ0v) is 12.0. The van der Waals surface area contributed by atoms with Crippen LogP contribution in [-0.2, 0) is 22.4 Å². The van der Waals surface area contributed by atoms with E-state index in [4.69, 9.17) is 10.5 Å². The molecule has 0 radical (unpaired) electrons. The summed E-state index contributed by atoms with van der Waals surface area (Å²) in [5.41, 5.74) is 7.08. The van der Waals surface area contributed by atoms with Crippen LogP contribution >= 0.6 is 11.3 Å². The van der Waals surface area contributed by atoms with Crippen molar-refractivity contribution in [3.8, 4) is 5.75 Å². The number of nitrogen functional groups attached to an aromatic ring is 1. The van der Waals surface area contributed by atoms with E-state index in [0.29, 0.717) is 18.7 Å². The van der Waals surface area contributed by atoms with E-state index in [1.54, 1.807) is 6.07 Å². The summed E-state index contributed by atoms with van der Waals surface area (Å²) < 4.78 is 10.2. The average Bonchev–Trinajstić information content (AvgIpc) is 2.86. The molecule has 106 valence electrons. The van der Waals surface area contributed by atoms with Gasteiger partial charge in [0.25, 0.3) is 0 Å². The molecule has 0 amide bonds. The molecule has 0 spiro atoms. The molecule has 5 nitrogen and oxygen atoms in total. The molecule has 0 saturated carbocycles. The average molecular weight is 292 g/mol. The highest BCUT2D eigenvalue weighted by molar-refractivity contribution is 7.09. The number of hydrogen-bond donors (Lipinski definition) is 1. The van der Waals surface area contributed by atoms with E-state index in [-0.39, 0.29) is 12.4 Å². The molecule has 2 rings (SSSR count). The maximum atomic E-state index is 11.1. The number of hydrogen-bond acceptors (Lipinski definition) is 6. The lowest BCUT2D eigenvalue weighted by Crippen LogP contribution is -2.05. The summed E-state index contributed by atoms with van der Waals surface area (Å²) in [6.07, 6.45) is 0.906. The molecule has 0 fully saturated rings. The topological polar surface area (TPSA) is 74.4 Å². The molecular weight excluding hydrogens is 276 g/mol. The summed E-state index contributed by atoms with van der Waals surface area (Å²) in [5, 5.41) is 2.81. The summed E-state index contributed by atoms with van der Waals surface area (Å²) in [6.45, 7) is 0.522. The van der Waals surface area contributed by atoms with E-state index in [1.807, 2.05) is 23.6 Å². The zero-order valence-electron chi connectivity index (χ0n) is 11.2. The number of carbonyl (C=O) groups excluding carboxylic acids is 1. The molecule has 1 aromatic heterocycles. The molecule has 0 atom stereocenters. The molecule has 0 aliphatic carbocycles. The smallest absolute Gasteiger partial charge is 0.311 e. The second-order valence-electron chi connectivity index (χ2n) is 4.16. The molecule has 20 heavy (non-hydrogen) atoms. The first-order chi connectivity index (χ1) is 9.67. The Hall–Kier alpha value is -2.08. The number of carbonyl (C=O) groups is 1. The summed E-state index contributed by atoms with van der Waals surface area (Å²) in [4.78, 5) is 15.5. The number of methoxy groups -OCH3 is 1. The number of thiazole rings is 1. The van der Waals surface area contributed by atoms with E-state index >= 15 is 0 Å². The molecule has 0 aliphatic rings. The zero-order chi connectivity index (χ0) is 14.4. The minimum absolute atomic E-state index is 0.211. The Morgan fingerprint density at radius 1 is 1.45 bits per heavy atom. The maximum Gasteiger partial charge on any atom is 0.311 e. The van der Waals surface area contributed by atoms with Crippen molar-refractivity contribution in [1.82, 2.24) is 4.98 Å². The number of aromatic nitrogens is 1. The predicted octanol–water partition coefficient (Wildman–Crippen LogP) is 2.06. The Labute approximate surface area is 121 Å². The fraction of sp³-hybridized carbons (Fsp3) is 0.286.